The number of carbonyl (C=O) groups excluding carboxylic acids is 2. The summed E-state index contributed by atoms with van der Waals surface area (Å²) in [5.74, 6) is -0.432. The molecule has 2 aromatic carbocycles. The number of hydrogen-bond donors (Lipinski definition) is 1. The zero-order valence-corrected chi connectivity index (χ0v) is 23.5. The Kier molecular flexibility index (Phi) is 9.79. The summed E-state index contributed by atoms with van der Waals surface area (Å²) in [6.45, 7) is 9.03. The first-order chi connectivity index (χ1) is 16.7. The van der Waals surface area contributed by atoms with Crippen molar-refractivity contribution in [3.05, 3.63) is 58.6 Å². The van der Waals surface area contributed by atoms with Crippen LogP contribution in [0.25, 0.3) is 0 Å². The van der Waals surface area contributed by atoms with Crippen molar-refractivity contribution in [2.75, 3.05) is 24.2 Å². The molecular weight excluding hydrogens is 502 g/mol. The first-order valence-electron chi connectivity index (χ1n) is 11.6. The molecule has 36 heavy (non-hydrogen) atoms. The normalized spacial score (nSPS) is 12.6. The van der Waals surface area contributed by atoms with Crippen molar-refractivity contribution in [1.29, 1.82) is 0 Å². The molecule has 0 unspecified atom stereocenters. The van der Waals surface area contributed by atoms with Crippen molar-refractivity contribution >= 4 is 39.1 Å². The predicted octanol–water partition coefficient (Wildman–Crippen LogP) is 4.15. The molecule has 1 N–H and O–H groups in total. The maximum atomic E-state index is 13.7. The van der Waals surface area contributed by atoms with Crippen molar-refractivity contribution in [1.82, 2.24) is 10.2 Å². The molecule has 0 heterocycles. The van der Waals surface area contributed by atoms with E-state index in [0.29, 0.717) is 12.2 Å². The molecule has 0 fully saturated rings. The largest absolute Gasteiger partial charge is 0.495 e. The summed E-state index contributed by atoms with van der Waals surface area (Å²) >= 11 is 6.22. The number of nitrogens with one attached hydrogen (secondary N) is 1. The number of halogens is 1. The lowest BCUT2D eigenvalue weighted by Crippen LogP contribution is -2.55. The van der Waals surface area contributed by atoms with E-state index in [-0.39, 0.29) is 23.2 Å². The maximum absolute atomic E-state index is 13.7. The summed E-state index contributed by atoms with van der Waals surface area (Å²) in [5, 5.41) is 3.15. The van der Waals surface area contributed by atoms with Gasteiger partial charge in [0.2, 0.25) is 21.8 Å². The number of sulfonamides is 1. The maximum Gasteiger partial charge on any atom is 0.244 e. The minimum Gasteiger partial charge on any atom is -0.495 e. The fourth-order valence-corrected chi connectivity index (χ4v) is 4.78. The van der Waals surface area contributed by atoms with Gasteiger partial charge in [0.25, 0.3) is 0 Å². The highest BCUT2D eigenvalue weighted by Crippen LogP contribution is 2.30. The van der Waals surface area contributed by atoms with Crippen molar-refractivity contribution in [3.8, 4) is 5.75 Å². The van der Waals surface area contributed by atoms with Gasteiger partial charge in [-0.1, -0.05) is 48.4 Å². The van der Waals surface area contributed by atoms with E-state index in [4.69, 9.17) is 16.3 Å². The number of anilines is 1. The third-order valence-corrected chi connectivity index (χ3v) is 6.90. The second-order valence-electron chi connectivity index (χ2n) is 9.76. The highest BCUT2D eigenvalue weighted by molar-refractivity contribution is 7.92. The lowest BCUT2D eigenvalue weighted by Gasteiger charge is -2.34. The fourth-order valence-electron chi connectivity index (χ4n) is 3.69. The topological polar surface area (TPSA) is 96.0 Å². The van der Waals surface area contributed by atoms with Crippen LogP contribution in [0.3, 0.4) is 0 Å². The summed E-state index contributed by atoms with van der Waals surface area (Å²) in [4.78, 5) is 28.3. The molecule has 0 bridgehead atoms. The Labute approximate surface area is 219 Å². The van der Waals surface area contributed by atoms with Gasteiger partial charge >= 0.3 is 0 Å². The third kappa shape index (κ3) is 8.13. The number of ether oxygens (including phenoxy) is 1. The van der Waals surface area contributed by atoms with Crippen molar-refractivity contribution < 1.29 is 22.7 Å². The molecule has 0 saturated carbocycles. The monoisotopic (exact) mass is 537 g/mol. The first-order valence-corrected chi connectivity index (χ1v) is 13.9. The van der Waals surface area contributed by atoms with Gasteiger partial charge in [-0.3, -0.25) is 13.9 Å². The van der Waals surface area contributed by atoms with Crippen molar-refractivity contribution in [2.45, 2.75) is 59.2 Å². The van der Waals surface area contributed by atoms with E-state index in [1.807, 2.05) is 58.9 Å². The van der Waals surface area contributed by atoms with E-state index in [9.17, 15) is 18.0 Å². The van der Waals surface area contributed by atoms with Gasteiger partial charge in [-0.2, -0.15) is 0 Å². The van der Waals surface area contributed by atoms with Crippen LogP contribution in [0.5, 0.6) is 5.75 Å². The van der Waals surface area contributed by atoms with E-state index >= 15 is 0 Å². The third-order valence-electron chi connectivity index (χ3n) is 5.46. The van der Waals surface area contributed by atoms with Gasteiger partial charge in [-0.05, 0) is 57.9 Å². The number of hydrogen-bond acceptors (Lipinski definition) is 5. The van der Waals surface area contributed by atoms with Crippen LogP contribution >= 0.6 is 11.6 Å². The predicted molar refractivity (Wildman–Crippen MR) is 144 cm³/mol. The lowest BCUT2D eigenvalue weighted by atomic mass is 10.1. The standard InChI is InChI=1S/C26H36ClN3O5S/c1-8-22(25(32)28-26(3,4)5)29(16-19-11-9-18(2)10-12-19)24(31)17-30(36(7,33)34)20-13-14-23(35-6)21(27)15-20/h9-15,22H,8,16-17H2,1-7H3,(H,28,32)/t22-/m1/s1. The Balaban J connectivity index is 2.47. The summed E-state index contributed by atoms with van der Waals surface area (Å²) in [5.41, 5.74) is 1.61. The molecule has 0 aliphatic rings. The van der Waals surface area contributed by atoms with Gasteiger partial charge in [-0.25, -0.2) is 8.42 Å². The van der Waals surface area contributed by atoms with E-state index in [1.54, 1.807) is 0 Å². The lowest BCUT2D eigenvalue weighted by molar-refractivity contribution is -0.141. The number of aryl methyl sites for hydroxylation is 1. The summed E-state index contributed by atoms with van der Waals surface area (Å²) in [6, 6.07) is 11.3. The van der Waals surface area contributed by atoms with Crippen LogP contribution in [0.2, 0.25) is 5.02 Å². The van der Waals surface area contributed by atoms with Gasteiger partial charge < -0.3 is 15.0 Å². The van der Waals surface area contributed by atoms with Gasteiger partial charge in [0.15, 0.2) is 0 Å². The number of benzene rings is 2. The SMILES string of the molecule is CC[C@H](C(=O)NC(C)(C)C)N(Cc1ccc(C)cc1)C(=O)CN(c1ccc(OC)c(Cl)c1)S(C)(=O)=O. The molecule has 2 amide bonds. The van der Waals surface area contributed by atoms with Crippen LogP contribution in [-0.2, 0) is 26.2 Å². The number of rotatable bonds is 10. The molecule has 8 nitrogen and oxygen atoms in total. The molecule has 0 spiro atoms. The number of methoxy groups -OCH3 is 1. The van der Waals surface area contributed by atoms with Crippen molar-refractivity contribution in [2.24, 2.45) is 0 Å². The number of amides is 2. The Morgan fingerprint density at radius 1 is 1.11 bits per heavy atom. The number of carbonyl (C=O) groups is 2. The van der Waals surface area contributed by atoms with Gasteiger partial charge in [0.1, 0.15) is 18.3 Å². The van der Waals surface area contributed by atoms with E-state index < -0.39 is 34.1 Å². The Hall–Kier alpha value is -2.78. The summed E-state index contributed by atoms with van der Waals surface area (Å²) in [6.07, 6.45) is 1.37. The molecule has 2 rings (SSSR count). The van der Waals surface area contributed by atoms with Crippen LogP contribution < -0.4 is 14.4 Å². The smallest absolute Gasteiger partial charge is 0.244 e. The first kappa shape index (κ1) is 29.5. The molecule has 0 radical (unpaired) electrons. The van der Waals surface area contributed by atoms with E-state index in [1.165, 1.54) is 30.2 Å². The minimum absolute atomic E-state index is 0.149. The summed E-state index contributed by atoms with van der Waals surface area (Å²) in [7, 11) is -2.40. The molecular formula is C26H36ClN3O5S. The average molecular weight is 538 g/mol. The van der Waals surface area contributed by atoms with E-state index in [0.717, 1.165) is 21.7 Å². The molecule has 10 heteroatoms. The van der Waals surface area contributed by atoms with Crippen LogP contribution in [0.1, 0.15) is 45.2 Å². The molecule has 0 aliphatic heterocycles. The van der Waals surface area contributed by atoms with E-state index in [2.05, 4.69) is 5.32 Å². The Morgan fingerprint density at radius 2 is 1.72 bits per heavy atom. The second kappa shape index (κ2) is 12.0. The van der Waals surface area contributed by atoms with Gasteiger partial charge in [0, 0.05) is 12.1 Å². The Bertz CT molecular complexity index is 1180. The minimum atomic E-state index is -3.86. The zero-order valence-electron chi connectivity index (χ0n) is 22.0. The molecule has 0 aliphatic carbocycles. The van der Waals surface area contributed by atoms with Gasteiger partial charge in [0.05, 0.1) is 24.1 Å². The molecule has 1 atom stereocenters. The highest BCUT2D eigenvalue weighted by Gasteiger charge is 2.33. The fraction of sp³-hybridized carbons (Fsp3) is 0.462. The highest BCUT2D eigenvalue weighted by atomic mass is 35.5. The molecule has 0 aromatic heterocycles. The molecule has 198 valence electrons. The second-order valence-corrected chi connectivity index (χ2v) is 12.1. The van der Waals surface area contributed by atoms with Gasteiger partial charge in [-0.15, -0.1) is 0 Å². The van der Waals surface area contributed by atoms with Crippen LogP contribution in [-0.4, -0.2) is 56.6 Å². The average Bonchev–Trinajstić information content (AvgIpc) is 2.76. The van der Waals surface area contributed by atoms with Crippen LogP contribution in [0, 0.1) is 6.92 Å². The Morgan fingerprint density at radius 3 is 2.19 bits per heavy atom. The number of nitrogens with zero attached hydrogens (tertiary/aromatic N) is 2. The van der Waals surface area contributed by atoms with Crippen LogP contribution in [0.4, 0.5) is 5.69 Å². The molecule has 0 saturated heterocycles. The zero-order chi connectivity index (χ0) is 27.3. The van der Waals surface area contributed by atoms with Crippen LogP contribution in [0.15, 0.2) is 42.5 Å². The molecule has 2 aromatic rings. The van der Waals surface area contributed by atoms with Crippen molar-refractivity contribution in [3.63, 3.8) is 0 Å². The summed E-state index contributed by atoms with van der Waals surface area (Å²) < 4.78 is 31.6. The quantitative estimate of drug-likeness (QED) is 0.491.